The molecule has 0 aromatic heterocycles. The van der Waals surface area contributed by atoms with Crippen LogP contribution in [0.15, 0.2) is 24.3 Å². The molecule has 0 spiro atoms. The Bertz CT molecular complexity index is 216. The van der Waals surface area contributed by atoms with Crippen molar-refractivity contribution in [1.29, 1.82) is 0 Å². The molecule has 1 N–H and O–H groups in total. The van der Waals surface area contributed by atoms with E-state index in [4.69, 9.17) is 5.11 Å². The fraction of sp³-hybridized carbons (Fsp3) is 0.500. The Kier molecular flexibility index (Phi) is 12.6. The van der Waals surface area contributed by atoms with E-state index in [0.29, 0.717) is 11.7 Å². The maximum absolute atomic E-state index is 8.99. The van der Waals surface area contributed by atoms with Crippen molar-refractivity contribution in [3.63, 3.8) is 0 Å². The van der Waals surface area contributed by atoms with Crippen LogP contribution in [0.4, 0.5) is 0 Å². The predicted molar refractivity (Wildman–Crippen MR) is 60.1 cm³/mol. The van der Waals surface area contributed by atoms with Gasteiger partial charge in [-0.05, 0) is 30.0 Å². The Morgan fingerprint density at radius 3 is 1.86 bits per heavy atom. The third-order valence-corrected chi connectivity index (χ3v) is 1.58. The number of aromatic hydroxyl groups is 1. The molecule has 14 heavy (non-hydrogen) atoms. The molecule has 0 heterocycles. The monoisotopic (exact) mass is 233 g/mol. The van der Waals surface area contributed by atoms with E-state index in [-0.39, 0.29) is 33.4 Å². The molecule has 81 valence electrons. The van der Waals surface area contributed by atoms with E-state index in [1.54, 1.807) is 12.1 Å². The zero-order valence-corrected chi connectivity index (χ0v) is 8.88. The van der Waals surface area contributed by atoms with Crippen LogP contribution in [0.3, 0.4) is 0 Å². The van der Waals surface area contributed by atoms with Gasteiger partial charge in [-0.15, -0.1) is 0 Å². The number of phenolic OH excluding ortho intramolecular Hbond substituents is 1. The average Bonchev–Trinajstić information content (AvgIpc) is 1.93. The smallest absolute Gasteiger partial charge is 0.115 e. The minimum absolute atomic E-state index is 0. The van der Waals surface area contributed by atoms with Gasteiger partial charge in [0.15, 0.2) is 0 Å². The van der Waals surface area contributed by atoms with Crippen LogP contribution in [0.1, 0.15) is 34.3 Å². The van der Waals surface area contributed by atoms with Crippen LogP contribution in [0.25, 0.3) is 0 Å². The van der Waals surface area contributed by atoms with Crippen molar-refractivity contribution in [2.45, 2.75) is 35.1 Å². The summed E-state index contributed by atoms with van der Waals surface area (Å²) in [5.41, 5.74) is 1.29. The second-order valence-corrected chi connectivity index (χ2v) is 3.26. The van der Waals surface area contributed by atoms with Crippen molar-refractivity contribution < 1.29 is 23.7 Å². The fourth-order valence-corrected chi connectivity index (χ4v) is 1.10. The number of rotatable bonds is 2. The minimum atomic E-state index is 0. The van der Waals surface area contributed by atoms with Crippen LogP contribution in [0.2, 0.25) is 0 Å². The summed E-state index contributed by atoms with van der Waals surface area (Å²) >= 11 is 0. The predicted octanol–water partition coefficient (Wildman–Crippen LogP) is 3.86. The van der Waals surface area contributed by atoms with E-state index >= 15 is 0 Å². The molecule has 0 bridgehead atoms. The molecule has 0 unspecified atom stereocenters. The Morgan fingerprint density at radius 1 is 1.07 bits per heavy atom. The second kappa shape index (κ2) is 9.17. The van der Waals surface area contributed by atoms with Gasteiger partial charge in [0.05, 0.1) is 0 Å². The molecule has 0 saturated heterocycles. The van der Waals surface area contributed by atoms with Crippen molar-refractivity contribution in [3.8, 4) is 5.75 Å². The zero-order chi connectivity index (χ0) is 8.27. The largest absolute Gasteiger partial charge is 0.508 e. The normalized spacial score (nSPS) is 8.21. The van der Waals surface area contributed by atoms with Crippen LogP contribution in [0, 0.1) is 5.92 Å². The van der Waals surface area contributed by atoms with E-state index in [2.05, 4.69) is 13.8 Å². The van der Waals surface area contributed by atoms with Crippen LogP contribution in [-0.4, -0.2) is 5.11 Å². The SMILES string of the molecule is C.C.CC(C)Cc1ccc(O)cc1.[V]. The van der Waals surface area contributed by atoms with E-state index in [0.717, 1.165) is 6.42 Å². The first-order valence-corrected chi connectivity index (χ1v) is 3.96. The second-order valence-electron chi connectivity index (χ2n) is 3.26. The molecule has 0 aliphatic carbocycles. The molecular weight excluding hydrogens is 211 g/mol. The summed E-state index contributed by atoms with van der Waals surface area (Å²) in [4.78, 5) is 0. The molecule has 0 fully saturated rings. The van der Waals surface area contributed by atoms with Crippen molar-refractivity contribution in [2.24, 2.45) is 5.92 Å². The maximum Gasteiger partial charge on any atom is 0.115 e. The summed E-state index contributed by atoms with van der Waals surface area (Å²) in [6.45, 7) is 4.37. The maximum atomic E-state index is 8.99. The molecule has 1 aromatic carbocycles. The molecule has 1 rings (SSSR count). The van der Waals surface area contributed by atoms with E-state index in [1.807, 2.05) is 12.1 Å². The van der Waals surface area contributed by atoms with Gasteiger partial charge in [-0.25, -0.2) is 0 Å². The number of hydrogen-bond donors (Lipinski definition) is 1. The third-order valence-electron chi connectivity index (χ3n) is 1.58. The average molecular weight is 233 g/mol. The molecule has 2 heteroatoms. The first-order chi connectivity index (χ1) is 5.18. The Morgan fingerprint density at radius 2 is 1.50 bits per heavy atom. The van der Waals surface area contributed by atoms with Gasteiger partial charge in [0.2, 0.25) is 0 Å². The van der Waals surface area contributed by atoms with Gasteiger partial charge in [-0.3, -0.25) is 0 Å². The summed E-state index contributed by atoms with van der Waals surface area (Å²) in [6, 6.07) is 7.40. The van der Waals surface area contributed by atoms with E-state index in [1.165, 1.54) is 5.56 Å². The Hall–Kier alpha value is -0.396. The molecule has 0 saturated carbocycles. The molecule has 0 aliphatic heterocycles. The van der Waals surface area contributed by atoms with Gasteiger partial charge in [0.25, 0.3) is 0 Å². The number of benzene rings is 1. The van der Waals surface area contributed by atoms with Gasteiger partial charge >= 0.3 is 0 Å². The molecule has 1 nitrogen and oxygen atoms in total. The van der Waals surface area contributed by atoms with Crippen molar-refractivity contribution in [2.75, 3.05) is 0 Å². The van der Waals surface area contributed by atoms with Crippen molar-refractivity contribution >= 4 is 0 Å². The number of hydrogen-bond acceptors (Lipinski definition) is 1. The molecule has 1 aromatic rings. The van der Waals surface area contributed by atoms with Crippen LogP contribution >= 0.6 is 0 Å². The summed E-state index contributed by atoms with van der Waals surface area (Å²) in [6.07, 6.45) is 1.08. The third kappa shape index (κ3) is 7.05. The van der Waals surface area contributed by atoms with Crippen LogP contribution in [0.5, 0.6) is 5.75 Å². The van der Waals surface area contributed by atoms with Gasteiger partial charge in [0, 0.05) is 18.6 Å². The zero-order valence-electron chi connectivity index (χ0n) is 7.49. The quantitative estimate of drug-likeness (QED) is 0.822. The fourth-order valence-electron chi connectivity index (χ4n) is 1.10. The molecule has 0 amide bonds. The van der Waals surface area contributed by atoms with Gasteiger partial charge in [-0.1, -0.05) is 40.8 Å². The summed E-state index contributed by atoms with van der Waals surface area (Å²) in [7, 11) is 0. The topological polar surface area (TPSA) is 20.2 Å². The standard InChI is InChI=1S/C10H14O.2CH4.V/c1-8(2)7-9-3-5-10(11)6-4-9;;;/h3-6,8,11H,7H2,1-2H3;2*1H4;. The van der Waals surface area contributed by atoms with Gasteiger partial charge < -0.3 is 5.11 Å². The van der Waals surface area contributed by atoms with Crippen LogP contribution in [-0.2, 0) is 25.0 Å². The molecule has 1 radical (unpaired) electrons. The Balaban J connectivity index is -0.000000403. The molecule has 0 aliphatic rings. The Labute approximate surface area is 100 Å². The first kappa shape index (κ1) is 19.2. The molecule has 0 atom stereocenters. The minimum Gasteiger partial charge on any atom is -0.508 e. The first-order valence-electron chi connectivity index (χ1n) is 3.96. The summed E-state index contributed by atoms with van der Waals surface area (Å²) < 4.78 is 0. The number of phenols is 1. The van der Waals surface area contributed by atoms with E-state index < -0.39 is 0 Å². The van der Waals surface area contributed by atoms with Crippen molar-refractivity contribution in [1.82, 2.24) is 0 Å². The van der Waals surface area contributed by atoms with Crippen molar-refractivity contribution in [3.05, 3.63) is 29.8 Å². The van der Waals surface area contributed by atoms with Gasteiger partial charge in [-0.2, -0.15) is 0 Å². The summed E-state index contributed by atoms with van der Waals surface area (Å²) in [5, 5.41) is 8.99. The molecular formula is C12H22OV. The van der Waals surface area contributed by atoms with E-state index in [9.17, 15) is 0 Å². The van der Waals surface area contributed by atoms with Gasteiger partial charge in [0.1, 0.15) is 5.75 Å². The summed E-state index contributed by atoms with van der Waals surface area (Å²) in [5.74, 6) is 1.03. The van der Waals surface area contributed by atoms with Crippen LogP contribution < -0.4 is 0 Å².